The minimum absolute atomic E-state index is 0.132. The molecule has 1 aliphatic heterocycles. The molecule has 0 spiro atoms. The molecule has 2 aromatic rings. The van der Waals surface area contributed by atoms with Crippen LogP contribution in [0.5, 0.6) is 11.5 Å². The van der Waals surface area contributed by atoms with Gasteiger partial charge in [-0.15, -0.1) is 0 Å². The Labute approximate surface area is 207 Å². The summed E-state index contributed by atoms with van der Waals surface area (Å²) in [5.74, 6) is 0.705. The van der Waals surface area contributed by atoms with Crippen molar-refractivity contribution >= 4 is 17.7 Å². The number of ether oxygens (including phenoxy) is 1. The van der Waals surface area contributed by atoms with Crippen LogP contribution in [0.1, 0.15) is 39.2 Å². The van der Waals surface area contributed by atoms with Gasteiger partial charge in [-0.2, -0.15) is 0 Å². The predicted octanol–water partition coefficient (Wildman–Crippen LogP) is 2.62. The zero-order valence-corrected chi connectivity index (χ0v) is 20.8. The summed E-state index contributed by atoms with van der Waals surface area (Å²) in [6.07, 6.45) is 1.96. The summed E-state index contributed by atoms with van der Waals surface area (Å²) in [6, 6.07) is 16.0. The van der Waals surface area contributed by atoms with Crippen LogP contribution in [0.15, 0.2) is 54.6 Å². The van der Waals surface area contributed by atoms with Crippen molar-refractivity contribution in [3.63, 3.8) is 0 Å². The number of nitrogens with one attached hydrogen (secondary N) is 2. The zero-order chi connectivity index (χ0) is 25.4. The summed E-state index contributed by atoms with van der Waals surface area (Å²) in [4.78, 5) is 39.2. The van der Waals surface area contributed by atoms with E-state index in [0.29, 0.717) is 25.9 Å². The first kappa shape index (κ1) is 26.2. The molecule has 35 heavy (non-hydrogen) atoms. The van der Waals surface area contributed by atoms with Crippen LogP contribution in [0.3, 0.4) is 0 Å². The Morgan fingerprint density at radius 2 is 1.69 bits per heavy atom. The number of likely N-dealkylation sites (tertiary alicyclic amines) is 1. The highest BCUT2D eigenvalue weighted by Gasteiger charge is 2.39. The number of benzene rings is 2. The van der Waals surface area contributed by atoms with Crippen molar-refractivity contribution in [2.75, 3.05) is 19.6 Å². The van der Waals surface area contributed by atoms with Gasteiger partial charge in [-0.05, 0) is 54.5 Å². The van der Waals surface area contributed by atoms with Crippen LogP contribution in [0, 0.1) is 5.41 Å². The maximum Gasteiger partial charge on any atom is 0.243 e. The number of carbonyl (C=O) groups is 3. The van der Waals surface area contributed by atoms with E-state index >= 15 is 0 Å². The van der Waals surface area contributed by atoms with E-state index in [1.165, 1.54) is 0 Å². The molecule has 4 N–H and O–H groups in total. The number of hydrogen-bond donors (Lipinski definition) is 3. The van der Waals surface area contributed by atoms with Gasteiger partial charge in [-0.3, -0.25) is 14.4 Å². The second-order valence-corrected chi connectivity index (χ2v) is 9.91. The first-order chi connectivity index (χ1) is 16.6. The highest BCUT2D eigenvalue weighted by atomic mass is 16.5. The SMILES string of the molecule is CC(C)(C)[C@H](N)C(=O)N1CCC[C@H]1C(=O)NCC(=O)NCCc1ccc(Oc2ccccc2)cc1. The van der Waals surface area contributed by atoms with E-state index in [4.69, 9.17) is 10.5 Å². The summed E-state index contributed by atoms with van der Waals surface area (Å²) in [5, 5.41) is 5.48. The Kier molecular flexibility index (Phi) is 8.87. The fourth-order valence-electron chi connectivity index (χ4n) is 3.89. The van der Waals surface area contributed by atoms with Gasteiger partial charge >= 0.3 is 0 Å². The maximum absolute atomic E-state index is 12.8. The van der Waals surface area contributed by atoms with Crippen LogP contribution in [0.2, 0.25) is 0 Å². The molecule has 0 aliphatic carbocycles. The average Bonchev–Trinajstić information content (AvgIpc) is 3.33. The van der Waals surface area contributed by atoms with Crippen molar-refractivity contribution < 1.29 is 19.1 Å². The number of nitrogens with two attached hydrogens (primary N) is 1. The van der Waals surface area contributed by atoms with E-state index in [2.05, 4.69) is 10.6 Å². The average molecular weight is 481 g/mol. The third kappa shape index (κ3) is 7.55. The molecule has 1 aliphatic rings. The van der Waals surface area contributed by atoms with Crippen molar-refractivity contribution in [1.29, 1.82) is 0 Å². The molecule has 3 amide bonds. The molecule has 188 valence electrons. The molecule has 0 saturated carbocycles. The summed E-state index contributed by atoms with van der Waals surface area (Å²) < 4.78 is 5.78. The Balaban J connectivity index is 1.39. The maximum atomic E-state index is 12.8. The summed E-state index contributed by atoms with van der Waals surface area (Å²) in [6.45, 7) is 6.52. The third-order valence-electron chi connectivity index (χ3n) is 6.10. The van der Waals surface area contributed by atoms with Crippen LogP contribution in [-0.4, -0.2) is 54.3 Å². The summed E-state index contributed by atoms with van der Waals surface area (Å²) in [5.41, 5.74) is 6.78. The van der Waals surface area contributed by atoms with Gasteiger partial charge in [0.1, 0.15) is 17.5 Å². The Morgan fingerprint density at radius 1 is 1.03 bits per heavy atom. The second kappa shape index (κ2) is 11.8. The molecule has 3 rings (SSSR count). The lowest BCUT2D eigenvalue weighted by molar-refractivity contribution is -0.141. The van der Waals surface area contributed by atoms with Gasteiger partial charge < -0.3 is 26.0 Å². The van der Waals surface area contributed by atoms with E-state index in [1.54, 1.807) is 4.90 Å². The quantitative estimate of drug-likeness (QED) is 0.511. The molecule has 0 unspecified atom stereocenters. The second-order valence-electron chi connectivity index (χ2n) is 9.91. The van der Waals surface area contributed by atoms with Crippen molar-refractivity contribution in [2.45, 2.75) is 52.1 Å². The van der Waals surface area contributed by atoms with Crippen LogP contribution >= 0.6 is 0 Å². The van der Waals surface area contributed by atoms with Gasteiger partial charge in [-0.25, -0.2) is 0 Å². The number of amides is 3. The Bertz CT molecular complexity index is 1000. The van der Waals surface area contributed by atoms with E-state index < -0.39 is 17.5 Å². The van der Waals surface area contributed by atoms with E-state index in [1.807, 2.05) is 75.4 Å². The Hall–Kier alpha value is -3.39. The molecule has 2 aromatic carbocycles. The largest absolute Gasteiger partial charge is 0.457 e. The number of rotatable bonds is 9. The van der Waals surface area contributed by atoms with Crippen LogP contribution in [0.25, 0.3) is 0 Å². The summed E-state index contributed by atoms with van der Waals surface area (Å²) >= 11 is 0. The minimum Gasteiger partial charge on any atom is -0.457 e. The van der Waals surface area contributed by atoms with Gasteiger partial charge in [0.2, 0.25) is 17.7 Å². The van der Waals surface area contributed by atoms with E-state index in [-0.39, 0.29) is 24.3 Å². The first-order valence-corrected chi connectivity index (χ1v) is 12.1. The van der Waals surface area contributed by atoms with Gasteiger partial charge in [0.15, 0.2) is 0 Å². The van der Waals surface area contributed by atoms with Gasteiger partial charge in [0.25, 0.3) is 0 Å². The molecular formula is C27H36N4O4. The topological polar surface area (TPSA) is 114 Å². The Morgan fingerprint density at radius 3 is 2.34 bits per heavy atom. The highest BCUT2D eigenvalue weighted by Crippen LogP contribution is 2.24. The normalized spacial score (nSPS) is 16.5. The third-order valence-corrected chi connectivity index (χ3v) is 6.10. The smallest absolute Gasteiger partial charge is 0.243 e. The van der Waals surface area contributed by atoms with Crippen LogP contribution in [-0.2, 0) is 20.8 Å². The molecule has 1 saturated heterocycles. The number of para-hydroxylation sites is 1. The van der Waals surface area contributed by atoms with Crippen molar-refractivity contribution in [1.82, 2.24) is 15.5 Å². The molecule has 0 radical (unpaired) electrons. The molecule has 1 heterocycles. The van der Waals surface area contributed by atoms with Gasteiger partial charge in [0.05, 0.1) is 12.6 Å². The standard InChI is InChI=1S/C27H36N4O4/c1-27(2,3)24(28)26(34)31-17-7-10-22(31)25(33)30-18-23(32)29-16-15-19-11-13-21(14-12-19)35-20-8-5-4-6-9-20/h4-6,8-9,11-14,22,24H,7,10,15-18,28H2,1-3H3,(H,29,32)(H,30,33)/t22-,24+/m0/s1. The number of carbonyl (C=O) groups excluding carboxylic acids is 3. The first-order valence-electron chi connectivity index (χ1n) is 12.1. The predicted molar refractivity (Wildman–Crippen MR) is 135 cm³/mol. The fraction of sp³-hybridized carbons (Fsp3) is 0.444. The van der Waals surface area contributed by atoms with E-state index in [9.17, 15) is 14.4 Å². The molecule has 0 bridgehead atoms. The zero-order valence-electron chi connectivity index (χ0n) is 20.8. The van der Waals surface area contributed by atoms with Gasteiger partial charge in [-0.1, -0.05) is 51.1 Å². The van der Waals surface area contributed by atoms with Crippen molar-refractivity contribution in [2.24, 2.45) is 11.1 Å². The lowest BCUT2D eigenvalue weighted by atomic mass is 9.86. The lowest BCUT2D eigenvalue weighted by Crippen LogP contribution is -2.55. The van der Waals surface area contributed by atoms with Crippen LogP contribution in [0.4, 0.5) is 0 Å². The van der Waals surface area contributed by atoms with Crippen LogP contribution < -0.4 is 21.1 Å². The van der Waals surface area contributed by atoms with Gasteiger partial charge in [0, 0.05) is 13.1 Å². The monoisotopic (exact) mass is 480 g/mol. The number of hydrogen-bond acceptors (Lipinski definition) is 5. The number of nitrogens with zero attached hydrogens (tertiary/aromatic N) is 1. The fourth-order valence-corrected chi connectivity index (χ4v) is 3.89. The minimum atomic E-state index is -0.682. The van der Waals surface area contributed by atoms with Crippen molar-refractivity contribution in [3.05, 3.63) is 60.2 Å². The van der Waals surface area contributed by atoms with E-state index in [0.717, 1.165) is 23.5 Å². The highest BCUT2D eigenvalue weighted by molar-refractivity contribution is 5.92. The summed E-state index contributed by atoms with van der Waals surface area (Å²) in [7, 11) is 0. The lowest BCUT2D eigenvalue weighted by Gasteiger charge is -2.32. The molecule has 8 nitrogen and oxygen atoms in total. The molecule has 0 aromatic heterocycles. The molecule has 2 atom stereocenters. The molecule has 1 fully saturated rings. The van der Waals surface area contributed by atoms with Crippen molar-refractivity contribution in [3.8, 4) is 11.5 Å². The molecule has 8 heteroatoms. The molecular weight excluding hydrogens is 444 g/mol.